The maximum absolute atomic E-state index is 11.9. The second-order valence-electron chi connectivity index (χ2n) is 4.64. The van der Waals surface area contributed by atoms with Gasteiger partial charge in [0.15, 0.2) is 11.3 Å². The summed E-state index contributed by atoms with van der Waals surface area (Å²) in [6.45, 7) is -0.242. The summed E-state index contributed by atoms with van der Waals surface area (Å²) in [6.07, 6.45) is 0. The molecule has 0 unspecified atom stereocenters. The summed E-state index contributed by atoms with van der Waals surface area (Å²) in [5, 5.41) is 9.38. The molecule has 0 radical (unpaired) electrons. The predicted octanol–water partition coefficient (Wildman–Crippen LogP) is 1.15. The number of carbonyl (C=O) groups excluding carboxylic acids is 1. The number of nitrogen functional groups attached to an aromatic ring is 1. The quantitative estimate of drug-likeness (QED) is 0.414. The highest BCUT2D eigenvalue weighted by molar-refractivity contribution is 6.02. The van der Waals surface area contributed by atoms with Gasteiger partial charge in [0.2, 0.25) is 5.43 Å². The van der Waals surface area contributed by atoms with E-state index in [9.17, 15) is 14.7 Å². The number of carbonyl (C=O) groups is 1. The van der Waals surface area contributed by atoms with E-state index in [-0.39, 0.29) is 29.3 Å². The fourth-order valence-corrected chi connectivity index (χ4v) is 2.27. The summed E-state index contributed by atoms with van der Waals surface area (Å²) in [4.78, 5) is 28.1. The molecule has 0 saturated heterocycles. The van der Waals surface area contributed by atoms with E-state index < -0.39 is 11.4 Å². The van der Waals surface area contributed by atoms with E-state index in [0.717, 1.165) is 0 Å². The highest BCUT2D eigenvalue weighted by Crippen LogP contribution is 2.31. The van der Waals surface area contributed by atoms with Gasteiger partial charge in [-0.15, -0.1) is 0 Å². The number of fused-ring (bicyclic) bond motifs is 2. The molecule has 3 N–H and O–H groups in total. The van der Waals surface area contributed by atoms with E-state index in [4.69, 9.17) is 10.2 Å². The molecule has 0 fully saturated rings. The lowest BCUT2D eigenvalue weighted by molar-refractivity contribution is 0.0602. The van der Waals surface area contributed by atoms with E-state index in [2.05, 4.69) is 9.72 Å². The number of hydrogen-bond acceptors (Lipinski definition) is 7. The third-order valence-corrected chi connectivity index (χ3v) is 3.35. The average molecular weight is 300 g/mol. The Morgan fingerprint density at radius 3 is 2.91 bits per heavy atom. The number of aliphatic hydroxyl groups is 1. The van der Waals surface area contributed by atoms with Gasteiger partial charge >= 0.3 is 5.97 Å². The lowest BCUT2D eigenvalue weighted by Gasteiger charge is -2.12. The van der Waals surface area contributed by atoms with Crippen LogP contribution in [-0.2, 0) is 11.3 Å². The van der Waals surface area contributed by atoms with Gasteiger partial charge in [-0.3, -0.25) is 4.79 Å². The van der Waals surface area contributed by atoms with Crippen molar-refractivity contribution in [3.8, 4) is 11.5 Å². The number of nitrogens with zero attached hydrogens (tertiary/aromatic N) is 1. The van der Waals surface area contributed by atoms with E-state index in [1.54, 1.807) is 18.2 Å². The molecular formula is C15H12N2O5. The molecule has 22 heavy (non-hydrogen) atoms. The van der Waals surface area contributed by atoms with Gasteiger partial charge in [0.05, 0.1) is 19.4 Å². The zero-order valence-electron chi connectivity index (χ0n) is 11.6. The van der Waals surface area contributed by atoms with Crippen LogP contribution in [0.4, 0.5) is 5.69 Å². The Labute approximate surface area is 124 Å². The number of nitrogens with two attached hydrogens (primary N) is 1. The molecule has 0 saturated carbocycles. The molecule has 0 amide bonds. The van der Waals surface area contributed by atoms with Gasteiger partial charge in [0, 0.05) is 11.6 Å². The molecule has 1 aliphatic heterocycles. The van der Waals surface area contributed by atoms with Crippen LogP contribution in [0, 0.1) is 0 Å². The Morgan fingerprint density at radius 1 is 1.45 bits per heavy atom. The van der Waals surface area contributed by atoms with Crippen LogP contribution >= 0.6 is 0 Å². The number of ether oxygens (including phenoxy) is 1. The van der Waals surface area contributed by atoms with Crippen molar-refractivity contribution in [3.63, 3.8) is 0 Å². The Balaban J connectivity index is 2.49. The van der Waals surface area contributed by atoms with E-state index in [1.807, 2.05) is 0 Å². The second kappa shape index (κ2) is 5.12. The predicted molar refractivity (Wildman–Crippen MR) is 78.6 cm³/mol. The van der Waals surface area contributed by atoms with Gasteiger partial charge in [-0.25, -0.2) is 9.78 Å². The number of rotatable bonds is 2. The largest absolute Gasteiger partial charge is 0.465 e. The molecule has 2 aliphatic rings. The van der Waals surface area contributed by atoms with Crippen molar-refractivity contribution in [1.82, 2.24) is 4.98 Å². The van der Waals surface area contributed by atoms with Gasteiger partial charge < -0.3 is 20.0 Å². The summed E-state index contributed by atoms with van der Waals surface area (Å²) in [7, 11) is 1.18. The van der Waals surface area contributed by atoms with Crippen molar-refractivity contribution in [2.75, 3.05) is 12.8 Å². The van der Waals surface area contributed by atoms with Crippen LogP contribution in [0.3, 0.4) is 0 Å². The minimum atomic E-state index is -0.774. The number of benzene rings is 2. The summed E-state index contributed by atoms with van der Waals surface area (Å²) >= 11 is 0. The highest BCUT2D eigenvalue weighted by atomic mass is 16.5. The van der Waals surface area contributed by atoms with E-state index in [0.29, 0.717) is 16.7 Å². The monoisotopic (exact) mass is 300 g/mol. The van der Waals surface area contributed by atoms with E-state index >= 15 is 0 Å². The van der Waals surface area contributed by atoms with Crippen molar-refractivity contribution < 1.29 is 19.1 Å². The third kappa shape index (κ3) is 1.99. The second-order valence-corrected chi connectivity index (χ2v) is 4.64. The number of esters is 1. The highest BCUT2D eigenvalue weighted by Gasteiger charge is 2.25. The lowest BCUT2D eigenvalue weighted by Crippen LogP contribution is -2.18. The molecule has 1 aliphatic carbocycles. The summed E-state index contributed by atoms with van der Waals surface area (Å²) in [5.74, 6) is -0.647. The minimum absolute atomic E-state index is 0.123. The van der Waals surface area contributed by atoms with Crippen molar-refractivity contribution in [3.05, 3.63) is 45.6 Å². The molecule has 0 aromatic heterocycles. The lowest BCUT2D eigenvalue weighted by atomic mass is 10.1. The Bertz CT molecular complexity index is 916. The smallest absolute Gasteiger partial charge is 0.342 e. The zero-order chi connectivity index (χ0) is 15.9. The molecular weight excluding hydrogens is 288 g/mol. The first-order valence-corrected chi connectivity index (χ1v) is 6.41. The minimum Gasteiger partial charge on any atom is -0.465 e. The normalized spacial score (nSPS) is 11.0. The fourth-order valence-electron chi connectivity index (χ4n) is 2.27. The number of methoxy groups -OCH3 is 1. The van der Waals surface area contributed by atoms with Crippen LogP contribution in [0.15, 0.2) is 33.5 Å². The first-order chi connectivity index (χ1) is 10.6. The van der Waals surface area contributed by atoms with Gasteiger partial charge in [0.25, 0.3) is 0 Å². The molecule has 1 aromatic carbocycles. The Kier molecular flexibility index (Phi) is 3.26. The summed E-state index contributed by atoms with van der Waals surface area (Å²) < 4.78 is 10.3. The van der Waals surface area contributed by atoms with Crippen molar-refractivity contribution in [2.45, 2.75) is 6.61 Å². The van der Waals surface area contributed by atoms with Crippen molar-refractivity contribution in [2.24, 2.45) is 0 Å². The number of anilines is 1. The van der Waals surface area contributed by atoms with Gasteiger partial charge in [0.1, 0.15) is 16.8 Å². The van der Waals surface area contributed by atoms with Crippen LogP contribution in [0.25, 0.3) is 22.6 Å². The number of aliphatic hydroxyl groups excluding tert-OH is 1. The third-order valence-electron chi connectivity index (χ3n) is 3.35. The van der Waals surface area contributed by atoms with Gasteiger partial charge in [-0.1, -0.05) is 12.1 Å². The maximum atomic E-state index is 11.9. The molecule has 112 valence electrons. The van der Waals surface area contributed by atoms with E-state index in [1.165, 1.54) is 13.2 Å². The van der Waals surface area contributed by atoms with Crippen LogP contribution in [0.5, 0.6) is 0 Å². The topological polar surface area (TPSA) is 116 Å². The van der Waals surface area contributed by atoms with Crippen LogP contribution in [-0.4, -0.2) is 23.2 Å². The standard InChI is InChI=1S/C15H12N2O5/c1-21-15(20)11-12(16)8(19)5-10-14(11)17-13-7(6-18)3-2-4-9(13)22-10/h2-5,18H,6,16H2,1H3. The SMILES string of the molecule is COC(=O)c1c2nc3c(CO)cccc3oc-2cc(=O)c1N. The van der Waals surface area contributed by atoms with Gasteiger partial charge in [-0.2, -0.15) is 0 Å². The van der Waals surface area contributed by atoms with Crippen LogP contribution < -0.4 is 11.2 Å². The summed E-state index contributed by atoms with van der Waals surface area (Å²) in [5.41, 5.74) is 6.20. The number of para-hydroxylation sites is 1. The number of hydrogen-bond donors (Lipinski definition) is 2. The maximum Gasteiger partial charge on any atom is 0.342 e. The summed E-state index contributed by atoms with van der Waals surface area (Å²) in [6, 6.07) is 6.20. The van der Waals surface area contributed by atoms with Crippen LogP contribution in [0.1, 0.15) is 15.9 Å². The fraction of sp³-hybridized carbons (Fsp3) is 0.133. The van der Waals surface area contributed by atoms with Crippen molar-refractivity contribution in [1.29, 1.82) is 0 Å². The molecule has 7 nitrogen and oxygen atoms in total. The Hall–Kier alpha value is -2.93. The molecule has 0 spiro atoms. The molecule has 0 atom stereocenters. The van der Waals surface area contributed by atoms with Crippen LogP contribution in [0.2, 0.25) is 0 Å². The molecule has 1 heterocycles. The zero-order valence-corrected chi connectivity index (χ0v) is 11.6. The molecule has 3 rings (SSSR count). The average Bonchev–Trinajstić information content (AvgIpc) is 2.53. The van der Waals surface area contributed by atoms with Crippen molar-refractivity contribution >= 4 is 22.8 Å². The molecule has 7 heteroatoms. The first kappa shape index (κ1) is 14.0. The number of aromatic nitrogens is 1. The van der Waals surface area contributed by atoms with Gasteiger partial charge in [-0.05, 0) is 6.07 Å². The first-order valence-electron chi connectivity index (χ1n) is 6.41. The Morgan fingerprint density at radius 2 is 2.23 bits per heavy atom. The molecule has 0 bridgehead atoms. The molecule has 1 aromatic rings.